The highest BCUT2D eigenvalue weighted by atomic mass is 16.7. The molecule has 0 aliphatic carbocycles. The van der Waals surface area contributed by atoms with Crippen molar-refractivity contribution in [2.75, 3.05) is 47.5 Å². The van der Waals surface area contributed by atoms with Crippen molar-refractivity contribution in [1.82, 2.24) is 0 Å². The van der Waals surface area contributed by atoms with Gasteiger partial charge in [0.25, 0.3) is 6.29 Å². The summed E-state index contributed by atoms with van der Waals surface area (Å²) in [4.78, 5) is 37.8. The van der Waals surface area contributed by atoms with E-state index in [-0.39, 0.29) is 32.2 Å². The van der Waals surface area contributed by atoms with E-state index in [1.165, 1.54) is 231 Å². The van der Waals surface area contributed by atoms with Gasteiger partial charge < -0.3 is 28.5 Å². The molecule has 1 N–H and O–H groups in total. The minimum Gasteiger partial charge on any atom is -0.477 e. The van der Waals surface area contributed by atoms with Crippen molar-refractivity contribution in [2.24, 2.45) is 0 Å². The lowest BCUT2D eigenvalue weighted by Crippen LogP contribution is -2.40. The Bertz CT molecular complexity index is 2340. The van der Waals surface area contributed by atoms with Crippen molar-refractivity contribution in [1.29, 1.82) is 0 Å². The van der Waals surface area contributed by atoms with E-state index in [0.717, 1.165) is 122 Å². The van der Waals surface area contributed by atoms with Crippen LogP contribution in [-0.4, -0.2) is 87.4 Å². The Morgan fingerprint density at radius 3 is 0.794 bits per heavy atom. The number of unbranched alkanes of at least 4 members (excludes halogenated alkanes) is 41. The lowest BCUT2D eigenvalue weighted by Gasteiger charge is -2.25. The van der Waals surface area contributed by atoms with Crippen molar-refractivity contribution in [3.8, 4) is 0 Å². The van der Waals surface area contributed by atoms with Gasteiger partial charge in [-0.1, -0.05) is 403 Å². The SMILES string of the molecule is CC/C=C\C/C=C\C/C=C\C/C=C\C/C=C\C/C=C\C/C=C\C/C=C\C/C=C\C/C=C\CCCCCCCCCCCCC(=O)OC(COC(=O)CCCCCCCCCCCCCCCCCCCCCCCCCCCC/C=C\C/C=C\C/C=C\CCCCCCC)COC(OCC[N+](C)(C)C)C(=O)O. The van der Waals surface area contributed by atoms with Crippen molar-refractivity contribution in [3.05, 3.63) is 158 Å². The van der Waals surface area contributed by atoms with Gasteiger partial charge in [-0.3, -0.25) is 9.59 Å². The topological polar surface area (TPSA) is 108 Å². The Hall–Kier alpha value is -5.09. The third kappa shape index (κ3) is 88.0. The van der Waals surface area contributed by atoms with Gasteiger partial charge in [0.1, 0.15) is 13.2 Å². The lowest BCUT2D eigenvalue weighted by molar-refractivity contribution is -0.870. The van der Waals surface area contributed by atoms with E-state index < -0.39 is 24.3 Å². The molecule has 0 rings (SSSR count). The number of ether oxygens (including phenoxy) is 4. The van der Waals surface area contributed by atoms with Crippen LogP contribution in [0.5, 0.6) is 0 Å². The van der Waals surface area contributed by atoms with Crippen LogP contribution in [0.3, 0.4) is 0 Å². The number of carboxylic acid groups (broad SMARTS) is 1. The molecule has 0 aromatic carbocycles. The summed E-state index contributed by atoms with van der Waals surface area (Å²) in [6.45, 7) is 4.78. The predicted molar refractivity (Wildman–Crippen MR) is 465 cm³/mol. The van der Waals surface area contributed by atoms with Crippen molar-refractivity contribution in [3.63, 3.8) is 0 Å². The smallest absolute Gasteiger partial charge is 0.361 e. The van der Waals surface area contributed by atoms with Gasteiger partial charge in [-0.2, -0.15) is 0 Å². The number of rotatable bonds is 82. The summed E-state index contributed by atoms with van der Waals surface area (Å²) in [6.07, 6.45) is 126. The molecule has 2 atom stereocenters. The zero-order chi connectivity index (χ0) is 77.4. The molecular formula is C98H168NO8+. The van der Waals surface area contributed by atoms with Gasteiger partial charge >= 0.3 is 17.9 Å². The number of nitrogens with zero attached hydrogens (tertiary/aromatic N) is 1. The molecule has 0 saturated carbocycles. The maximum atomic E-state index is 13.0. The first-order valence-corrected chi connectivity index (χ1v) is 44.6. The van der Waals surface area contributed by atoms with Gasteiger partial charge in [0.2, 0.25) is 0 Å². The van der Waals surface area contributed by atoms with Gasteiger partial charge in [0.15, 0.2) is 6.10 Å². The van der Waals surface area contributed by atoms with E-state index in [0.29, 0.717) is 23.9 Å². The van der Waals surface area contributed by atoms with E-state index in [9.17, 15) is 19.5 Å². The summed E-state index contributed by atoms with van der Waals surface area (Å²) in [6, 6.07) is 0. The van der Waals surface area contributed by atoms with Crippen LogP contribution in [0.15, 0.2) is 158 Å². The number of hydrogen-bond acceptors (Lipinski definition) is 7. The monoisotopic (exact) mass is 1490 g/mol. The first-order valence-electron chi connectivity index (χ1n) is 44.6. The number of carbonyl (C=O) groups excluding carboxylic acids is 2. The third-order valence-corrected chi connectivity index (χ3v) is 19.3. The fourth-order valence-electron chi connectivity index (χ4n) is 12.5. The summed E-state index contributed by atoms with van der Waals surface area (Å²) in [5.74, 6) is -2.00. The van der Waals surface area contributed by atoms with E-state index in [1.54, 1.807) is 0 Å². The summed E-state index contributed by atoms with van der Waals surface area (Å²) < 4.78 is 23.1. The predicted octanol–water partition coefficient (Wildman–Crippen LogP) is 29.5. The zero-order valence-corrected chi connectivity index (χ0v) is 70.3. The minimum atomic E-state index is -1.52. The number of likely N-dealkylation sites (N-methyl/N-ethyl adjacent to an activating group) is 1. The van der Waals surface area contributed by atoms with Crippen molar-refractivity contribution < 1.29 is 42.9 Å². The summed E-state index contributed by atoms with van der Waals surface area (Å²) >= 11 is 0. The fraction of sp³-hybridized carbons (Fsp3) is 0.704. The molecule has 0 aromatic rings. The number of aliphatic carboxylic acids is 1. The number of allylic oxidation sites excluding steroid dienone is 26. The fourth-order valence-corrected chi connectivity index (χ4v) is 12.5. The maximum Gasteiger partial charge on any atom is 0.361 e. The van der Waals surface area contributed by atoms with Crippen LogP contribution in [0.4, 0.5) is 0 Å². The Kier molecular flexibility index (Phi) is 82.4. The van der Waals surface area contributed by atoms with Crippen LogP contribution >= 0.6 is 0 Å². The Labute approximate surface area is 661 Å². The molecule has 0 amide bonds. The van der Waals surface area contributed by atoms with Crippen LogP contribution in [0.25, 0.3) is 0 Å². The van der Waals surface area contributed by atoms with Gasteiger partial charge in [0, 0.05) is 12.8 Å². The van der Waals surface area contributed by atoms with Crippen LogP contribution in [0.1, 0.15) is 386 Å². The van der Waals surface area contributed by atoms with E-state index >= 15 is 0 Å². The summed E-state index contributed by atoms with van der Waals surface area (Å²) in [5.41, 5.74) is 0. The third-order valence-electron chi connectivity index (χ3n) is 19.3. The molecule has 0 saturated heterocycles. The molecule has 0 aromatic heterocycles. The number of quaternary nitrogens is 1. The molecule has 0 bridgehead atoms. The molecule has 0 heterocycles. The standard InChI is InChI=1S/C98H167NO8/c1-6-8-10-12-14-16-18-20-22-24-26-28-30-32-34-36-38-40-42-44-46-48-50-52-54-56-58-60-62-64-66-68-70-72-74-76-78-80-82-84-86-88-95(100)105-92-94(93-106-98(97(102)103)104-91-90-99(3,4)5)107-96(101)89-87-85-83-81-79-77-75-73-71-69-67-65-63-61-59-57-55-53-51-49-47-45-43-41-39-37-35-33-31-29-27-25-23-21-19-17-15-13-11-9-7-2/h9,11,15,17-18,20-21,23-24,26-27,29-30,32-33,35,39,41,45,47,51,53,57,59,63,65,94,98H,6-8,10,12-14,16,19,22,25,28,31,34,36-38,40,42-44,46,48-50,52,54-56,58,60-62,64,66-93H2,1-5H3/p+1/b11-9-,17-15-,20-18-,23-21-,26-24-,29-27-,32-30-,35-33-,41-39-,47-45-,53-51-,59-57-,65-63-. The Balaban J connectivity index is 4.01. The molecule has 612 valence electrons. The van der Waals surface area contributed by atoms with Gasteiger partial charge in [-0.05, 0) is 128 Å². The molecule has 0 radical (unpaired) electrons. The second-order valence-electron chi connectivity index (χ2n) is 30.8. The van der Waals surface area contributed by atoms with Crippen LogP contribution in [0, 0.1) is 0 Å². The van der Waals surface area contributed by atoms with Crippen LogP contribution < -0.4 is 0 Å². The normalized spacial score (nSPS) is 13.4. The second-order valence-corrected chi connectivity index (χ2v) is 30.8. The van der Waals surface area contributed by atoms with Gasteiger partial charge in [-0.25, -0.2) is 4.79 Å². The summed E-state index contributed by atoms with van der Waals surface area (Å²) in [7, 11) is 5.99. The highest BCUT2D eigenvalue weighted by Crippen LogP contribution is 2.19. The molecule has 107 heavy (non-hydrogen) atoms. The average molecular weight is 1490 g/mol. The van der Waals surface area contributed by atoms with Crippen LogP contribution in [0.2, 0.25) is 0 Å². The van der Waals surface area contributed by atoms with Gasteiger partial charge in [0.05, 0.1) is 34.4 Å². The molecule has 0 spiro atoms. The quantitative estimate of drug-likeness (QED) is 0.0211. The van der Waals surface area contributed by atoms with Crippen LogP contribution in [-0.2, 0) is 33.3 Å². The Morgan fingerprint density at radius 1 is 0.290 bits per heavy atom. The number of carboxylic acids is 1. The number of hydrogen-bond donors (Lipinski definition) is 1. The van der Waals surface area contributed by atoms with E-state index in [1.807, 2.05) is 21.1 Å². The highest BCUT2D eigenvalue weighted by molar-refractivity contribution is 5.71. The molecule has 9 nitrogen and oxygen atoms in total. The van der Waals surface area contributed by atoms with E-state index in [2.05, 4.69) is 172 Å². The molecule has 0 aliphatic rings. The first kappa shape index (κ1) is 102. The molecule has 2 unspecified atom stereocenters. The zero-order valence-electron chi connectivity index (χ0n) is 70.3. The van der Waals surface area contributed by atoms with Gasteiger partial charge in [-0.15, -0.1) is 0 Å². The first-order chi connectivity index (χ1) is 52.6. The minimum absolute atomic E-state index is 0.182. The molecule has 9 heteroatoms. The Morgan fingerprint density at radius 2 is 0.533 bits per heavy atom. The average Bonchev–Trinajstić information content (AvgIpc) is 0.965. The lowest BCUT2D eigenvalue weighted by atomic mass is 10.0. The summed E-state index contributed by atoms with van der Waals surface area (Å²) in [5, 5.41) is 9.79. The second kappa shape index (κ2) is 86.5. The number of carbonyl (C=O) groups is 3. The molecular weight excluding hydrogens is 1320 g/mol. The van der Waals surface area contributed by atoms with Crippen molar-refractivity contribution >= 4 is 17.9 Å². The maximum absolute atomic E-state index is 13.0. The largest absolute Gasteiger partial charge is 0.477 e. The highest BCUT2D eigenvalue weighted by Gasteiger charge is 2.25. The van der Waals surface area contributed by atoms with Crippen molar-refractivity contribution in [2.45, 2.75) is 399 Å². The van der Waals surface area contributed by atoms with E-state index in [4.69, 9.17) is 18.9 Å². The molecule has 0 aliphatic heterocycles. The number of esters is 2. The molecule has 0 fully saturated rings.